The van der Waals surface area contributed by atoms with Gasteiger partial charge in [-0.3, -0.25) is 0 Å². The lowest BCUT2D eigenvalue weighted by Gasteiger charge is -2.24. The van der Waals surface area contributed by atoms with Gasteiger partial charge in [0, 0.05) is 12.6 Å². The van der Waals surface area contributed by atoms with E-state index >= 15 is 0 Å². The Morgan fingerprint density at radius 2 is 1.61 bits per heavy atom. The first kappa shape index (κ1) is 15.5. The number of aliphatic hydroxyl groups is 1. The van der Waals surface area contributed by atoms with E-state index < -0.39 is 31.2 Å². The minimum atomic E-state index is -5.54. The number of hydrogen-bond acceptors (Lipinski definition) is 3. The van der Waals surface area contributed by atoms with E-state index in [0.29, 0.717) is 0 Å². The van der Waals surface area contributed by atoms with Gasteiger partial charge in [0.1, 0.15) is 0 Å². The van der Waals surface area contributed by atoms with Crippen molar-refractivity contribution in [1.82, 2.24) is 5.32 Å². The highest BCUT2D eigenvalue weighted by Gasteiger charge is 2.58. The average molecular weight is 281 g/mol. The fourth-order valence-corrected chi connectivity index (χ4v) is 1.23. The van der Waals surface area contributed by atoms with Crippen molar-refractivity contribution in [2.75, 3.05) is 13.2 Å². The van der Waals surface area contributed by atoms with E-state index in [0.717, 1.165) is 12.8 Å². The summed E-state index contributed by atoms with van der Waals surface area (Å²) < 4.78 is 76.0. The van der Waals surface area contributed by atoms with E-state index in [4.69, 9.17) is 0 Å². The van der Waals surface area contributed by atoms with Gasteiger partial charge in [0.25, 0.3) is 0 Å². The van der Waals surface area contributed by atoms with Crippen molar-refractivity contribution in [2.45, 2.75) is 43.4 Å². The molecule has 9 heteroatoms. The van der Waals surface area contributed by atoms with Crippen molar-refractivity contribution in [3.63, 3.8) is 0 Å². The first-order valence-electron chi connectivity index (χ1n) is 5.27. The molecule has 0 radical (unpaired) electrons. The van der Waals surface area contributed by atoms with Gasteiger partial charge in [-0.2, -0.15) is 26.3 Å². The minimum absolute atomic E-state index is 0.0902. The summed E-state index contributed by atoms with van der Waals surface area (Å²) in [5.41, 5.74) is 0. The molecule has 0 aliphatic heterocycles. The first-order chi connectivity index (χ1) is 8.10. The minimum Gasteiger partial charge on any atom is -0.389 e. The number of alkyl halides is 6. The van der Waals surface area contributed by atoms with Gasteiger partial charge in [0.2, 0.25) is 6.10 Å². The lowest BCUT2D eigenvalue weighted by Crippen LogP contribution is -2.46. The SMILES string of the molecule is OC(CNC1CC1)COC(C(F)(F)F)C(F)(F)F. The van der Waals surface area contributed by atoms with Crippen LogP contribution in [-0.4, -0.2) is 48.9 Å². The Morgan fingerprint density at radius 3 is 2.00 bits per heavy atom. The maximum Gasteiger partial charge on any atom is 0.423 e. The summed E-state index contributed by atoms with van der Waals surface area (Å²) in [5, 5.41) is 11.9. The molecule has 1 aliphatic rings. The third-order valence-electron chi connectivity index (χ3n) is 2.27. The molecule has 1 fully saturated rings. The van der Waals surface area contributed by atoms with Gasteiger partial charge in [0.15, 0.2) is 0 Å². The lowest BCUT2D eigenvalue weighted by atomic mass is 10.3. The van der Waals surface area contributed by atoms with Crippen LogP contribution in [0.5, 0.6) is 0 Å². The number of nitrogens with one attached hydrogen (secondary N) is 1. The van der Waals surface area contributed by atoms with Crippen LogP contribution in [0, 0.1) is 0 Å². The third kappa shape index (κ3) is 5.40. The zero-order valence-corrected chi connectivity index (χ0v) is 9.18. The molecule has 1 atom stereocenters. The normalized spacial score (nSPS) is 19.3. The Kier molecular flexibility index (Phi) is 4.84. The van der Waals surface area contributed by atoms with Crippen molar-refractivity contribution in [3.05, 3.63) is 0 Å². The van der Waals surface area contributed by atoms with Crippen LogP contribution in [0.4, 0.5) is 26.3 Å². The van der Waals surface area contributed by atoms with Crippen molar-refractivity contribution in [2.24, 2.45) is 0 Å². The van der Waals surface area contributed by atoms with Crippen LogP contribution < -0.4 is 5.32 Å². The molecule has 18 heavy (non-hydrogen) atoms. The summed E-state index contributed by atoms with van der Waals surface area (Å²) in [6, 6.07) is 0.195. The Morgan fingerprint density at radius 1 is 1.11 bits per heavy atom. The number of aliphatic hydroxyl groups excluding tert-OH is 1. The van der Waals surface area contributed by atoms with Crippen LogP contribution in [0.1, 0.15) is 12.8 Å². The van der Waals surface area contributed by atoms with Gasteiger partial charge in [-0.05, 0) is 12.8 Å². The standard InChI is InChI=1S/C9H13F6NO2/c10-8(11,12)7(9(13,14)15)18-4-6(17)3-16-5-1-2-5/h5-7,16-17H,1-4H2. The molecule has 0 amide bonds. The Hall–Kier alpha value is -0.540. The predicted molar refractivity (Wildman–Crippen MR) is 48.9 cm³/mol. The van der Waals surface area contributed by atoms with Gasteiger partial charge in [-0.1, -0.05) is 0 Å². The van der Waals surface area contributed by atoms with Crippen LogP contribution in [0.3, 0.4) is 0 Å². The molecule has 0 saturated heterocycles. The van der Waals surface area contributed by atoms with Gasteiger partial charge in [0.05, 0.1) is 12.7 Å². The molecular formula is C9H13F6NO2. The molecule has 0 spiro atoms. The fourth-order valence-electron chi connectivity index (χ4n) is 1.23. The summed E-state index contributed by atoms with van der Waals surface area (Å²) in [4.78, 5) is 0. The van der Waals surface area contributed by atoms with Crippen LogP contribution in [0.15, 0.2) is 0 Å². The largest absolute Gasteiger partial charge is 0.423 e. The quantitative estimate of drug-likeness (QED) is 0.727. The molecule has 0 aromatic carbocycles. The number of hydrogen-bond donors (Lipinski definition) is 2. The van der Waals surface area contributed by atoms with Gasteiger partial charge < -0.3 is 15.2 Å². The maximum absolute atomic E-state index is 12.0. The maximum atomic E-state index is 12.0. The molecule has 1 rings (SSSR count). The molecule has 3 nitrogen and oxygen atoms in total. The Labute approximate surface area is 99.1 Å². The zero-order chi connectivity index (χ0) is 14.0. The summed E-state index contributed by atoms with van der Waals surface area (Å²) in [7, 11) is 0. The van der Waals surface area contributed by atoms with E-state index in [9.17, 15) is 31.4 Å². The second-order valence-corrected chi connectivity index (χ2v) is 4.13. The predicted octanol–water partition coefficient (Wildman–Crippen LogP) is 1.61. The third-order valence-corrected chi connectivity index (χ3v) is 2.27. The lowest BCUT2D eigenvalue weighted by molar-refractivity contribution is -0.324. The van der Waals surface area contributed by atoms with Gasteiger partial charge in [-0.25, -0.2) is 0 Å². The Balaban J connectivity index is 2.36. The van der Waals surface area contributed by atoms with E-state index in [2.05, 4.69) is 10.1 Å². The zero-order valence-electron chi connectivity index (χ0n) is 9.18. The van der Waals surface area contributed by atoms with Crippen molar-refractivity contribution in [3.8, 4) is 0 Å². The van der Waals surface area contributed by atoms with Gasteiger partial charge in [-0.15, -0.1) is 0 Å². The molecule has 108 valence electrons. The van der Waals surface area contributed by atoms with Crippen LogP contribution >= 0.6 is 0 Å². The summed E-state index contributed by atoms with van der Waals surface area (Å²) in [5.74, 6) is 0. The smallest absolute Gasteiger partial charge is 0.389 e. The summed E-state index contributed by atoms with van der Waals surface area (Å²) in [6.07, 6.45) is -14.6. The topological polar surface area (TPSA) is 41.5 Å². The molecule has 1 saturated carbocycles. The van der Waals surface area contributed by atoms with Crippen LogP contribution in [0.25, 0.3) is 0 Å². The molecule has 2 N–H and O–H groups in total. The highest BCUT2D eigenvalue weighted by atomic mass is 19.4. The average Bonchev–Trinajstić information content (AvgIpc) is 2.93. The molecule has 0 bridgehead atoms. The summed E-state index contributed by atoms with van der Waals surface area (Å²) in [6.45, 7) is -1.11. The first-order valence-corrected chi connectivity index (χ1v) is 5.27. The fraction of sp³-hybridized carbons (Fsp3) is 1.00. The number of rotatable bonds is 6. The number of halogens is 6. The molecular weight excluding hydrogens is 268 g/mol. The molecule has 0 aromatic rings. The van der Waals surface area contributed by atoms with Crippen molar-refractivity contribution >= 4 is 0 Å². The monoisotopic (exact) mass is 281 g/mol. The molecule has 1 unspecified atom stereocenters. The van der Waals surface area contributed by atoms with Crippen molar-refractivity contribution < 1.29 is 36.2 Å². The van der Waals surface area contributed by atoms with Gasteiger partial charge >= 0.3 is 12.4 Å². The second-order valence-electron chi connectivity index (χ2n) is 4.13. The summed E-state index contributed by atoms with van der Waals surface area (Å²) >= 11 is 0. The Bertz CT molecular complexity index is 249. The molecule has 1 aliphatic carbocycles. The number of ether oxygens (including phenoxy) is 1. The molecule has 0 heterocycles. The highest BCUT2D eigenvalue weighted by Crippen LogP contribution is 2.35. The van der Waals surface area contributed by atoms with Crippen molar-refractivity contribution in [1.29, 1.82) is 0 Å². The van der Waals surface area contributed by atoms with E-state index in [1.807, 2.05) is 0 Å². The van der Waals surface area contributed by atoms with Crippen LogP contribution in [-0.2, 0) is 4.74 Å². The van der Waals surface area contributed by atoms with E-state index in [-0.39, 0.29) is 12.6 Å². The highest BCUT2D eigenvalue weighted by molar-refractivity contribution is 4.82. The molecule has 0 aromatic heterocycles. The second kappa shape index (κ2) is 5.62. The van der Waals surface area contributed by atoms with E-state index in [1.165, 1.54) is 0 Å². The van der Waals surface area contributed by atoms with E-state index in [1.54, 1.807) is 0 Å². The van der Waals surface area contributed by atoms with Crippen LogP contribution in [0.2, 0.25) is 0 Å².